The Morgan fingerprint density at radius 2 is 2.07 bits per heavy atom. The molecule has 0 N–H and O–H groups in total. The van der Waals surface area contributed by atoms with Crippen LogP contribution >= 0.6 is 0 Å². The van der Waals surface area contributed by atoms with Gasteiger partial charge in [0.2, 0.25) is 0 Å². The molecule has 0 bridgehead atoms. The fourth-order valence-electron chi connectivity index (χ4n) is 1.11. The zero-order valence-electron chi connectivity index (χ0n) is 7.81. The van der Waals surface area contributed by atoms with Gasteiger partial charge in [-0.1, -0.05) is 6.07 Å². The van der Waals surface area contributed by atoms with Gasteiger partial charge in [0.1, 0.15) is 11.0 Å². The molecule has 14 heavy (non-hydrogen) atoms. The minimum absolute atomic E-state index is 0.0408. The second-order valence-electron chi connectivity index (χ2n) is 2.72. The molecule has 0 radical (unpaired) electrons. The van der Waals surface area contributed by atoms with Gasteiger partial charge < -0.3 is 4.74 Å². The Balaban J connectivity index is 3.55. The second kappa shape index (κ2) is 3.68. The van der Waals surface area contributed by atoms with Crippen LogP contribution in [0.3, 0.4) is 0 Å². The lowest BCUT2D eigenvalue weighted by atomic mass is 10.2. The third-order valence-electron chi connectivity index (χ3n) is 1.70. The quantitative estimate of drug-likeness (QED) is 0.731. The average Bonchev–Trinajstić information content (AvgIpc) is 2.15. The molecule has 74 valence electrons. The van der Waals surface area contributed by atoms with Crippen molar-refractivity contribution in [3.63, 3.8) is 0 Å². The molecule has 0 aromatic heterocycles. The first-order chi connectivity index (χ1) is 6.50. The molecule has 0 atom stereocenters. The van der Waals surface area contributed by atoms with E-state index in [2.05, 4.69) is 0 Å². The molecule has 1 aromatic carbocycles. The van der Waals surface area contributed by atoms with Crippen molar-refractivity contribution in [3.8, 4) is 11.8 Å². The molecule has 0 aliphatic carbocycles. The van der Waals surface area contributed by atoms with Gasteiger partial charge in [0.05, 0.1) is 12.7 Å². The van der Waals surface area contributed by atoms with E-state index in [4.69, 9.17) is 10.00 Å². The number of rotatable bonds is 2. The Labute approximate surface area is 82.7 Å². The van der Waals surface area contributed by atoms with E-state index in [0.717, 1.165) is 6.26 Å². The van der Waals surface area contributed by atoms with Crippen molar-refractivity contribution in [2.45, 2.75) is 4.90 Å². The summed E-state index contributed by atoms with van der Waals surface area (Å²) >= 11 is 0. The molecule has 1 aromatic rings. The van der Waals surface area contributed by atoms with Gasteiger partial charge in [-0.3, -0.25) is 0 Å². The van der Waals surface area contributed by atoms with E-state index in [1.165, 1.54) is 25.3 Å². The Kier molecular flexibility index (Phi) is 2.77. The number of sulfone groups is 1. The maximum Gasteiger partial charge on any atom is 0.179 e. The number of nitrogens with zero attached hydrogens (tertiary/aromatic N) is 1. The second-order valence-corrected chi connectivity index (χ2v) is 4.71. The van der Waals surface area contributed by atoms with Crippen LogP contribution in [0.1, 0.15) is 5.56 Å². The molecule has 0 saturated heterocycles. The monoisotopic (exact) mass is 211 g/mol. The molecule has 0 amide bonds. The van der Waals surface area contributed by atoms with Crippen molar-refractivity contribution in [1.82, 2.24) is 0 Å². The molecule has 0 aliphatic heterocycles. The molecule has 0 unspecified atom stereocenters. The summed E-state index contributed by atoms with van der Waals surface area (Å²) in [5.41, 5.74) is 0.218. The lowest BCUT2D eigenvalue weighted by Crippen LogP contribution is -2.02. The van der Waals surface area contributed by atoms with Crippen LogP contribution in [0.15, 0.2) is 23.1 Å². The van der Waals surface area contributed by atoms with Crippen molar-refractivity contribution in [3.05, 3.63) is 23.8 Å². The largest absolute Gasteiger partial charge is 0.494 e. The maximum absolute atomic E-state index is 11.3. The highest BCUT2D eigenvalue weighted by Crippen LogP contribution is 2.26. The zero-order valence-corrected chi connectivity index (χ0v) is 8.63. The van der Waals surface area contributed by atoms with Gasteiger partial charge in [-0.15, -0.1) is 0 Å². The van der Waals surface area contributed by atoms with Crippen LogP contribution in [0, 0.1) is 11.3 Å². The molecule has 0 aliphatic rings. The first-order valence-corrected chi connectivity index (χ1v) is 5.67. The average molecular weight is 211 g/mol. The predicted octanol–water partition coefficient (Wildman–Crippen LogP) is 0.970. The van der Waals surface area contributed by atoms with E-state index >= 15 is 0 Å². The molecule has 4 nitrogen and oxygen atoms in total. The molecule has 1 rings (SSSR count). The molecular formula is C9H9NO3S. The zero-order chi connectivity index (χ0) is 10.8. The first kappa shape index (κ1) is 10.5. The van der Waals surface area contributed by atoms with Gasteiger partial charge in [0.15, 0.2) is 15.6 Å². The number of hydrogen-bond acceptors (Lipinski definition) is 4. The summed E-state index contributed by atoms with van der Waals surface area (Å²) in [5, 5.41) is 8.71. The lowest BCUT2D eigenvalue weighted by molar-refractivity contribution is 0.401. The Morgan fingerprint density at radius 1 is 1.43 bits per heavy atom. The van der Waals surface area contributed by atoms with Gasteiger partial charge in [-0.2, -0.15) is 5.26 Å². The van der Waals surface area contributed by atoms with Crippen LogP contribution in [-0.2, 0) is 9.84 Å². The molecule has 0 saturated carbocycles. The number of benzene rings is 1. The van der Waals surface area contributed by atoms with Crippen LogP contribution in [-0.4, -0.2) is 21.8 Å². The van der Waals surface area contributed by atoms with Crippen molar-refractivity contribution in [2.24, 2.45) is 0 Å². The van der Waals surface area contributed by atoms with E-state index < -0.39 is 9.84 Å². The predicted molar refractivity (Wildman–Crippen MR) is 50.8 cm³/mol. The fourth-order valence-corrected chi connectivity index (χ4v) is 1.96. The minimum atomic E-state index is -3.35. The van der Waals surface area contributed by atoms with E-state index in [0.29, 0.717) is 0 Å². The SMILES string of the molecule is COc1c(C#N)cccc1S(C)(=O)=O. The Morgan fingerprint density at radius 3 is 2.50 bits per heavy atom. The molecule has 0 spiro atoms. The third-order valence-corrected chi connectivity index (χ3v) is 2.82. The van der Waals surface area contributed by atoms with Gasteiger partial charge in [-0.05, 0) is 12.1 Å². The number of ether oxygens (including phenoxy) is 1. The van der Waals surface area contributed by atoms with Gasteiger partial charge in [0.25, 0.3) is 0 Å². The van der Waals surface area contributed by atoms with Crippen LogP contribution in [0.25, 0.3) is 0 Å². The summed E-state index contributed by atoms with van der Waals surface area (Å²) in [5.74, 6) is 0.109. The van der Waals surface area contributed by atoms with Crippen molar-refractivity contribution in [1.29, 1.82) is 5.26 Å². The Hall–Kier alpha value is -1.54. The first-order valence-electron chi connectivity index (χ1n) is 3.78. The summed E-state index contributed by atoms with van der Waals surface area (Å²) < 4.78 is 27.5. The van der Waals surface area contributed by atoms with Crippen molar-refractivity contribution in [2.75, 3.05) is 13.4 Å². The maximum atomic E-state index is 11.3. The summed E-state index contributed by atoms with van der Waals surface area (Å²) in [7, 11) is -2.02. The smallest absolute Gasteiger partial charge is 0.179 e. The fraction of sp³-hybridized carbons (Fsp3) is 0.222. The van der Waals surface area contributed by atoms with Crippen molar-refractivity contribution >= 4 is 9.84 Å². The molecule has 0 fully saturated rings. The standard InChI is InChI=1S/C9H9NO3S/c1-13-9-7(6-10)4-3-5-8(9)14(2,11)12/h3-5H,1-2H3. The molecule has 5 heteroatoms. The number of para-hydroxylation sites is 1. The molecule has 0 heterocycles. The highest BCUT2D eigenvalue weighted by atomic mass is 32.2. The van der Waals surface area contributed by atoms with E-state index in [1.54, 1.807) is 0 Å². The number of methoxy groups -OCH3 is 1. The van der Waals surface area contributed by atoms with Crippen LogP contribution in [0.5, 0.6) is 5.75 Å². The highest BCUT2D eigenvalue weighted by Gasteiger charge is 2.16. The summed E-state index contributed by atoms with van der Waals surface area (Å²) in [6.07, 6.45) is 1.08. The van der Waals surface area contributed by atoms with E-state index in [-0.39, 0.29) is 16.2 Å². The minimum Gasteiger partial charge on any atom is -0.494 e. The van der Waals surface area contributed by atoms with Crippen molar-refractivity contribution < 1.29 is 13.2 Å². The van der Waals surface area contributed by atoms with Gasteiger partial charge in [-0.25, -0.2) is 8.42 Å². The van der Waals surface area contributed by atoms with Gasteiger partial charge >= 0.3 is 0 Å². The van der Waals surface area contributed by atoms with Crippen LogP contribution < -0.4 is 4.74 Å². The number of hydrogen-bond donors (Lipinski definition) is 0. The summed E-state index contributed by atoms with van der Waals surface area (Å²) in [6.45, 7) is 0. The third kappa shape index (κ3) is 1.86. The van der Waals surface area contributed by atoms with E-state index in [1.807, 2.05) is 6.07 Å². The van der Waals surface area contributed by atoms with Gasteiger partial charge in [0, 0.05) is 6.26 Å². The number of nitriles is 1. The summed E-state index contributed by atoms with van der Waals surface area (Å²) in [4.78, 5) is 0.0408. The van der Waals surface area contributed by atoms with E-state index in [9.17, 15) is 8.42 Å². The summed E-state index contributed by atoms with van der Waals surface area (Å²) in [6, 6.07) is 6.30. The van der Waals surface area contributed by atoms with Crippen LogP contribution in [0.4, 0.5) is 0 Å². The topological polar surface area (TPSA) is 67.2 Å². The molecular weight excluding hydrogens is 202 g/mol. The normalized spacial score (nSPS) is 10.6. The van der Waals surface area contributed by atoms with Crippen LogP contribution in [0.2, 0.25) is 0 Å². The lowest BCUT2D eigenvalue weighted by Gasteiger charge is -2.07. The Bertz CT molecular complexity index is 485. The highest BCUT2D eigenvalue weighted by molar-refractivity contribution is 7.90.